The molecule has 3 heterocycles. The van der Waals surface area contributed by atoms with Gasteiger partial charge in [0.05, 0.1) is 29.1 Å². The van der Waals surface area contributed by atoms with Gasteiger partial charge in [-0.25, -0.2) is 4.99 Å². The molecule has 8 nitrogen and oxygen atoms in total. The molecule has 7 aromatic carbocycles. The first kappa shape index (κ1) is 30.8. The standard InChI is InChI=1S/C41H24N6O2S3/c1-21-7-11-25(12-8-21)47(26-13-9-22(2)10-14-26)34-16-15-33(50-34)31-19-28-29(35-37(31)45-51-43-35)20-32(39-36(28)44-52-46-39)42-38-27-17-23-5-3-4-6-24(23)18-30(27)40(48)41(38)49/h3-20H,1-2H3/b42-38-. The molecule has 52 heavy (non-hydrogen) atoms. The molecule has 0 fully saturated rings. The van der Waals surface area contributed by atoms with Crippen molar-refractivity contribution in [3.8, 4) is 10.4 Å². The molecule has 248 valence electrons. The second-order valence-electron chi connectivity index (χ2n) is 12.8. The van der Waals surface area contributed by atoms with Crippen LogP contribution in [0.25, 0.3) is 64.8 Å². The molecule has 0 amide bonds. The molecule has 0 saturated heterocycles. The van der Waals surface area contributed by atoms with Crippen LogP contribution in [0.5, 0.6) is 0 Å². The predicted octanol–water partition coefficient (Wildman–Crippen LogP) is 9.80. The number of aryl methyl sites for hydroxylation is 2. The van der Waals surface area contributed by atoms with Crippen LogP contribution < -0.4 is 21.1 Å². The van der Waals surface area contributed by atoms with Crippen molar-refractivity contribution in [2.45, 2.75) is 13.8 Å². The molecule has 0 spiro atoms. The lowest BCUT2D eigenvalue weighted by atomic mass is 10.0. The number of anilines is 3. The second kappa shape index (κ2) is 11.8. The molecule has 11 heteroatoms. The highest BCUT2D eigenvalue weighted by molar-refractivity contribution is 7.19. The van der Waals surface area contributed by atoms with Crippen LogP contribution in [-0.2, 0) is 0 Å². The molecule has 3 aromatic heterocycles. The third-order valence-electron chi connectivity index (χ3n) is 9.55. The lowest BCUT2D eigenvalue weighted by Gasteiger charge is -2.24. The van der Waals surface area contributed by atoms with Gasteiger partial charge >= 0.3 is 0 Å². The number of nitrogens with zero attached hydrogens (tertiary/aromatic N) is 6. The van der Waals surface area contributed by atoms with Gasteiger partial charge in [0.25, 0.3) is 5.43 Å². The van der Waals surface area contributed by atoms with Crippen molar-refractivity contribution < 1.29 is 0 Å². The zero-order chi connectivity index (χ0) is 35.1. The van der Waals surface area contributed by atoms with Crippen molar-refractivity contribution in [2.75, 3.05) is 4.90 Å². The molecule has 10 rings (SSSR count). The van der Waals surface area contributed by atoms with Gasteiger partial charge in [-0.3, -0.25) is 9.59 Å². The Bertz CT molecular complexity index is 3160. The van der Waals surface area contributed by atoms with E-state index in [4.69, 9.17) is 18.1 Å². The third-order valence-corrected chi connectivity index (χ3v) is 11.7. The highest BCUT2D eigenvalue weighted by atomic mass is 32.1. The fraction of sp³-hybridized carbons (Fsp3) is 0.0488. The second-order valence-corrected chi connectivity index (χ2v) is 15.0. The van der Waals surface area contributed by atoms with E-state index >= 15 is 0 Å². The average molecular weight is 729 g/mol. The minimum Gasteiger partial charge on any atom is -0.302 e. The largest absolute Gasteiger partial charge is 0.302 e. The molecule has 0 bridgehead atoms. The van der Waals surface area contributed by atoms with E-state index in [-0.39, 0.29) is 5.36 Å². The van der Waals surface area contributed by atoms with Gasteiger partial charge in [-0.2, -0.15) is 17.5 Å². The van der Waals surface area contributed by atoms with Crippen molar-refractivity contribution in [3.63, 3.8) is 0 Å². The van der Waals surface area contributed by atoms with E-state index in [0.717, 1.165) is 82.9 Å². The van der Waals surface area contributed by atoms with Gasteiger partial charge in [-0.05, 0) is 85.3 Å². The molecule has 0 radical (unpaired) electrons. The Morgan fingerprint density at radius 3 is 1.81 bits per heavy atom. The van der Waals surface area contributed by atoms with Crippen LogP contribution in [0.2, 0.25) is 0 Å². The van der Waals surface area contributed by atoms with E-state index in [1.54, 1.807) is 17.4 Å². The summed E-state index contributed by atoms with van der Waals surface area (Å²) < 4.78 is 18.9. The number of rotatable bonds is 5. The maximum atomic E-state index is 13.4. The van der Waals surface area contributed by atoms with Crippen molar-refractivity contribution in [1.82, 2.24) is 17.5 Å². The van der Waals surface area contributed by atoms with E-state index in [1.165, 1.54) is 11.1 Å². The summed E-state index contributed by atoms with van der Waals surface area (Å²) in [4.78, 5) is 34.7. The molecule has 0 saturated carbocycles. The maximum absolute atomic E-state index is 13.4. The minimum absolute atomic E-state index is 0.112. The van der Waals surface area contributed by atoms with Crippen molar-refractivity contribution in [3.05, 3.63) is 146 Å². The van der Waals surface area contributed by atoms with Gasteiger partial charge in [0.2, 0.25) is 5.43 Å². The molecule has 0 unspecified atom stereocenters. The van der Waals surface area contributed by atoms with E-state index in [1.807, 2.05) is 36.4 Å². The normalized spacial score (nSPS) is 12.3. The molecular weight excluding hydrogens is 705 g/mol. The number of fused-ring (bicyclic) bond motifs is 7. The molecule has 0 aliphatic rings. The van der Waals surface area contributed by atoms with E-state index in [9.17, 15) is 9.59 Å². The Hall–Kier alpha value is -6.01. The van der Waals surface area contributed by atoms with Crippen molar-refractivity contribution in [2.24, 2.45) is 4.99 Å². The zero-order valence-electron chi connectivity index (χ0n) is 27.6. The summed E-state index contributed by atoms with van der Waals surface area (Å²) in [5, 5.41) is 5.56. The molecule has 0 atom stereocenters. The lowest BCUT2D eigenvalue weighted by Crippen LogP contribution is -2.30. The van der Waals surface area contributed by atoms with Crippen LogP contribution in [0.1, 0.15) is 11.1 Å². The SMILES string of the molecule is Cc1ccc(N(c2ccc(C)cc2)c2ccc(-c3cc4c(cc(/N=c5\c(=O)c(=O)c6cc7ccccc7cc56)c5nsnc54)c4nsnc34)s2)cc1. The van der Waals surface area contributed by atoms with Gasteiger partial charge in [-0.1, -0.05) is 59.7 Å². The van der Waals surface area contributed by atoms with Crippen LogP contribution in [0.4, 0.5) is 22.1 Å². The number of hydrogen-bond acceptors (Lipinski definition) is 11. The molecular formula is C41H24N6O2S3. The van der Waals surface area contributed by atoms with E-state index in [0.29, 0.717) is 27.5 Å². The quantitative estimate of drug-likeness (QED) is 0.163. The summed E-state index contributed by atoms with van der Waals surface area (Å²) in [6, 6.07) is 36.8. The van der Waals surface area contributed by atoms with Crippen LogP contribution >= 0.6 is 34.8 Å². The number of aromatic nitrogens is 4. The summed E-state index contributed by atoms with van der Waals surface area (Å²) in [6.07, 6.45) is 0. The van der Waals surface area contributed by atoms with Crippen LogP contribution in [0.15, 0.2) is 124 Å². The Kier molecular flexibility index (Phi) is 6.97. The van der Waals surface area contributed by atoms with Crippen LogP contribution in [-0.4, -0.2) is 17.5 Å². The smallest absolute Gasteiger partial charge is 0.252 e. The van der Waals surface area contributed by atoms with Gasteiger partial charge in [-0.15, -0.1) is 11.3 Å². The Balaban J connectivity index is 1.16. The van der Waals surface area contributed by atoms with E-state index in [2.05, 4.69) is 89.9 Å². The summed E-state index contributed by atoms with van der Waals surface area (Å²) in [6.45, 7) is 4.19. The van der Waals surface area contributed by atoms with Crippen LogP contribution in [0, 0.1) is 13.8 Å². The molecule has 0 N–H and O–H groups in total. The third kappa shape index (κ3) is 4.81. The predicted molar refractivity (Wildman–Crippen MR) is 215 cm³/mol. The zero-order valence-corrected chi connectivity index (χ0v) is 30.1. The summed E-state index contributed by atoms with van der Waals surface area (Å²) in [7, 11) is 0. The van der Waals surface area contributed by atoms with Gasteiger partial charge < -0.3 is 4.90 Å². The summed E-state index contributed by atoms with van der Waals surface area (Å²) in [5.41, 5.74) is 7.49. The number of thiophene rings is 1. The van der Waals surface area contributed by atoms with Gasteiger partial charge in [0.1, 0.15) is 32.4 Å². The lowest BCUT2D eigenvalue weighted by molar-refractivity contribution is 1.29. The Morgan fingerprint density at radius 2 is 1.13 bits per heavy atom. The van der Waals surface area contributed by atoms with Gasteiger partial charge in [0, 0.05) is 43.4 Å². The Morgan fingerprint density at radius 1 is 0.558 bits per heavy atom. The molecule has 0 aliphatic carbocycles. The number of hydrogen-bond donors (Lipinski definition) is 0. The monoisotopic (exact) mass is 728 g/mol. The van der Waals surface area contributed by atoms with Crippen molar-refractivity contribution in [1.29, 1.82) is 0 Å². The summed E-state index contributed by atoms with van der Waals surface area (Å²) in [5.74, 6) is 0. The average Bonchev–Trinajstić information content (AvgIpc) is 3.99. The highest BCUT2D eigenvalue weighted by Crippen LogP contribution is 2.45. The van der Waals surface area contributed by atoms with Crippen molar-refractivity contribution >= 4 is 111 Å². The topological polar surface area (TPSA) is 101 Å². The Labute approximate surface area is 307 Å². The van der Waals surface area contributed by atoms with Gasteiger partial charge in [0.15, 0.2) is 0 Å². The first-order valence-corrected chi connectivity index (χ1v) is 18.8. The first-order chi connectivity index (χ1) is 25.4. The fourth-order valence-corrected chi connectivity index (χ4v) is 9.11. The number of benzene rings is 6. The first-order valence-electron chi connectivity index (χ1n) is 16.5. The summed E-state index contributed by atoms with van der Waals surface area (Å²) >= 11 is 3.92. The molecule has 10 aromatic rings. The maximum Gasteiger partial charge on any atom is 0.252 e. The highest BCUT2D eigenvalue weighted by Gasteiger charge is 2.22. The fourth-order valence-electron chi connectivity index (χ4n) is 6.91. The van der Waals surface area contributed by atoms with Crippen LogP contribution in [0.3, 0.4) is 0 Å². The molecule has 0 aliphatic heterocycles. The minimum atomic E-state index is -0.628. The van der Waals surface area contributed by atoms with E-state index < -0.39 is 10.9 Å².